The minimum Gasteiger partial charge on any atom is -0.350 e. The second-order valence-corrected chi connectivity index (χ2v) is 2.93. The highest BCUT2D eigenvalue weighted by Crippen LogP contribution is 2.13. The average Bonchev–Trinajstić information content (AvgIpc) is 2.41. The van der Waals surface area contributed by atoms with Gasteiger partial charge in [-0.25, -0.2) is 10.1 Å². The van der Waals surface area contributed by atoms with Crippen LogP contribution in [0.15, 0.2) is 17.6 Å². The first-order valence-corrected chi connectivity index (χ1v) is 4.11. The van der Waals surface area contributed by atoms with Gasteiger partial charge in [0.1, 0.15) is 5.03 Å². The number of H-pyrrole nitrogens is 1. The van der Waals surface area contributed by atoms with Crippen molar-refractivity contribution in [3.63, 3.8) is 0 Å². The maximum Gasteiger partial charge on any atom is 0.114 e. The molecule has 1 radical (unpaired) electrons. The van der Waals surface area contributed by atoms with Crippen molar-refractivity contribution in [1.29, 1.82) is 0 Å². The molecule has 10 heavy (non-hydrogen) atoms. The summed E-state index contributed by atoms with van der Waals surface area (Å²) in [6, 6.07) is 0. The maximum atomic E-state index is 10.0. The van der Waals surface area contributed by atoms with Crippen molar-refractivity contribution in [2.75, 3.05) is 12.4 Å². The van der Waals surface area contributed by atoms with Gasteiger partial charge in [-0.2, -0.15) is 0 Å². The highest BCUT2D eigenvalue weighted by Gasteiger charge is 1.93. The molecule has 0 saturated carbocycles. The molecule has 1 rings (SSSR count). The second kappa shape index (κ2) is 4.35. The molecule has 1 heterocycles. The number of nitrogens with zero attached hydrogens (tertiary/aromatic N) is 1. The van der Waals surface area contributed by atoms with E-state index in [-0.39, 0.29) is 6.61 Å². The molecular weight excluding hydrogens is 148 g/mol. The first kappa shape index (κ1) is 7.63. The number of hydrogen-bond donors (Lipinski definition) is 1. The summed E-state index contributed by atoms with van der Waals surface area (Å²) in [6.45, 7) is 0.0113. The van der Waals surface area contributed by atoms with Crippen LogP contribution in [0.2, 0.25) is 0 Å². The number of thioether (sulfide) groups is 1. The van der Waals surface area contributed by atoms with Crippen molar-refractivity contribution < 1.29 is 5.11 Å². The fraction of sp³-hybridized carbons (Fsp3) is 0.500. The molecule has 0 fully saturated rings. The topological polar surface area (TPSA) is 48.6 Å². The van der Waals surface area contributed by atoms with Crippen LogP contribution >= 0.6 is 11.8 Å². The Bertz CT molecular complexity index is 164. The van der Waals surface area contributed by atoms with Gasteiger partial charge in [-0.15, -0.1) is 11.8 Å². The smallest absolute Gasteiger partial charge is 0.114 e. The molecule has 0 unspecified atom stereocenters. The predicted octanol–water partition coefficient (Wildman–Crippen LogP) is 1.32. The lowest BCUT2D eigenvalue weighted by molar-refractivity contribution is 0.194. The predicted molar refractivity (Wildman–Crippen MR) is 39.5 cm³/mol. The van der Waals surface area contributed by atoms with Crippen molar-refractivity contribution >= 4 is 11.8 Å². The van der Waals surface area contributed by atoms with Crippen molar-refractivity contribution in [3.05, 3.63) is 12.5 Å². The van der Waals surface area contributed by atoms with Crippen molar-refractivity contribution in [3.8, 4) is 0 Å². The van der Waals surface area contributed by atoms with Gasteiger partial charge < -0.3 is 4.98 Å². The van der Waals surface area contributed by atoms with E-state index in [1.54, 1.807) is 18.1 Å². The number of rotatable bonds is 4. The van der Waals surface area contributed by atoms with Crippen LogP contribution < -0.4 is 0 Å². The first-order chi connectivity index (χ1) is 4.93. The number of aromatic nitrogens is 2. The van der Waals surface area contributed by atoms with Gasteiger partial charge in [-0.3, -0.25) is 0 Å². The third-order valence-corrected chi connectivity index (χ3v) is 2.02. The van der Waals surface area contributed by atoms with Crippen LogP contribution in [0.1, 0.15) is 6.42 Å². The number of nitrogens with one attached hydrogen (secondary N) is 1. The zero-order valence-corrected chi connectivity index (χ0v) is 6.36. The minimum absolute atomic E-state index is 0.0113. The van der Waals surface area contributed by atoms with Crippen LogP contribution in [0.3, 0.4) is 0 Å². The van der Waals surface area contributed by atoms with Crippen LogP contribution in [-0.2, 0) is 5.11 Å². The Balaban J connectivity index is 2.15. The Morgan fingerprint density at radius 2 is 2.60 bits per heavy atom. The van der Waals surface area contributed by atoms with Crippen LogP contribution in [0, 0.1) is 0 Å². The Kier molecular flexibility index (Phi) is 3.32. The molecule has 0 aromatic carbocycles. The lowest BCUT2D eigenvalue weighted by Crippen LogP contribution is -1.83. The van der Waals surface area contributed by atoms with E-state index in [0.29, 0.717) is 0 Å². The summed E-state index contributed by atoms with van der Waals surface area (Å²) in [6.07, 6.45) is 4.19. The summed E-state index contributed by atoms with van der Waals surface area (Å²) in [5.41, 5.74) is 0. The third-order valence-electron chi connectivity index (χ3n) is 1.01. The Labute approximate surface area is 63.9 Å². The van der Waals surface area contributed by atoms with E-state index in [4.69, 9.17) is 0 Å². The molecule has 0 atom stereocenters. The van der Waals surface area contributed by atoms with E-state index < -0.39 is 0 Å². The molecule has 0 aliphatic carbocycles. The van der Waals surface area contributed by atoms with Crippen LogP contribution in [0.25, 0.3) is 0 Å². The number of aromatic amines is 1. The lowest BCUT2D eigenvalue weighted by atomic mass is 10.5. The quantitative estimate of drug-likeness (QED) is 0.529. The van der Waals surface area contributed by atoms with Crippen molar-refractivity contribution in [1.82, 2.24) is 9.97 Å². The molecule has 0 bridgehead atoms. The van der Waals surface area contributed by atoms with E-state index in [1.165, 1.54) is 0 Å². The molecule has 0 saturated heterocycles. The summed E-state index contributed by atoms with van der Waals surface area (Å²) < 4.78 is 0. The zero-order valence-electron chi connectivity index (χ0n) is 5.54. The van der Waals surface area contributed by atoms with E-state index in [9.17, 15) is 5.11 Å². The Hall–Kier alpha value is -0.480. The molecule has 1 aromatic heterocycles. The summed E-state index contributed by atoms with van der Waals surface area (Å²) in [4.78, 5) is 6.84. The second-order valence-electron chi connectivity index (χ2n) is 1.81. The largest absolute Gasteiger partial charge is 0.350 e. The highest BCUT2D eigenvalue weighted by atomic mass is 32.2. The maximum absolute atomic E-state index is 10.0. The third kappa shape index (κ3) is 2.41. The Morgan fingerprint density at radius 1 is 1.70 bits per heavy atom. The molecular formula is C6H9N2OS. The summed E-state index contributed by atoms with van der Waals surface area (Å²) in [5, 5.41) is 11.0. The van der Waals surface area contributed by atoms with Crippen LogP contribution in [0.5, 0.6) is 0 Å². The van der Waals surface area contributed by atoms with Gasteiger partial charge in [0.05, 0.1) is 12.9 Å². The standard InChI is InChI=1S/C6H9N2OS/c9-2-1-3-10-6-4-7-5-8-6/h4-5H,1-3H2,(H,7,8). The van der Waals surface area contributed by atoms with Gasteiger partial charge in [0, 0.05) is 11.9 Å². The first-order valence-electron chi connectivity index (χ1n) is 3.13. The minimum atomic E-state index is 0.0113. The SMILES string of the molecule is [O]CCCSc1c[nH]cn1. The highest BCUT2D eigenvalue weighted by molar-refractivity contribution is 7.99. The monoisotopic (exact) mass is 157 g/mol. The number of hydrogen-bond acceptors (Lipinski definition) is 2. The molecule has 0 spiro atoms. The van der Waals surface area contributed by atoms with Gasteiger partial charge >= 0.3 is 0 Å². The van der Waals surface area contributed by atoms with E-state index >= 15 is 0 Å². The molecule has 3 nitrogen and oxygen atoms in total. The Morgan fingerprint density at radius 3 is 3.20 bits per heavy atom. The molecule has 4 heteroatoms. The average molecular weight is 157 g/mol. The molecule has 1 aromatic rings. The van der Waals surface area contributed by atoms with Crippen LogP contribution in [-0.4, -0.2) is 22.3 Å². The van der Waals surface area contributed by atoms with E-state index in [0.717, 1.165) is 17.2 Å². The van der Waals surface area contributed by atoms with Crippen molar-refractivity contribution in [2.24, 2.45) is 0 Å². The molecule has 55 valence electrons. The summed E-state index contributed by atoms with van der Waals surface area (Å²) >= 11 is 1.61. The summed E-state index contributed by atoms with van der Waals surface area (Å²) in [5.74, 6) is 0.869. The van der Waals surface area contributed by atoms with Gasteiger partial charge in [0.25, 0.3) is 0 Å². The van der Waals surface area contributed by atoms with E-state index in [2.05, 4.69) is 9.97 Å². The fourth-order valence-corrected chi connectivity index (χ4v) is 1.31. The molecule has 0 aliphatic rings. The number of imidazole rings is 1. The zero-order chi connectivity index (χ0) is 7.23. The fourth-order valence-electron chi connectivity index (χ4n) is 0.561. The van der Waals surface area contributed by atoms with Crippen molar-refractivity contribution in [2.45, 2.75) is 11.4 Å². The van der Waals surface area contributed by atoms with Gasteiger partial charge in [0.2, 0.25) is 0 Å². The van der Waals surface area contributed by atoms with Gasteiger partial charge in [-0.05, 0) is 6.42 Å². The molecule has 1 N–H and O–H groups in total. The van der Waals surface area contributed by atoms with Gasteiger partial charge in [-0.1, -0.05) is 0 Å². The molecule has 0 aliphatic heterocycles. The normalized spacial score (nSPS) is 10.1. The molecule has 0 amide bonds. The summed E-state index contributed by atoms with van der Waals surface area (Å²) in [7, 11) is 0. The lowest BCUT2D eigenvalue weighted by Gasteiger charge is -1.91. The van der Waals surface area contributed by atoms with E-state index in [1.807, 2.05) is 6.20 Å². The van der Waals surface area contributed by atoms with Gasteiger partial charge in [0.15, 0.2) is 0 Å². The van der Waals surface area contributed by atoms with Crippen LogP contribution in [0.4, 0.5) is 0 Å².